The zero-order chi connectivity index (χ0) is 26.2. The Kier molecular flexibility index (Phi) is 8.15. The van der Waals surface area contributed by atoms with Crippen LogP contribution in [-0.4, -0.2) is 40.2 Å². The Morgan fingerprint density at radius 3 is 2.49 bits per heavy atom. The molecule has 0 radical (unpaired) electrons. The van der Waals surface area contributed by atoms with Crippen molar-refractivity contribution in [3.05, 3.63) is 102 Å². The van der Waals surface area contributed by atoms with E-state index in [1.165, 1.54) is 12.1 Å². The molecule has 9 heteroatoms. The molecule has 0 saturated carbocycles. The first kappa shape index (κ1) is 25.4. The van der Waals surface area contributed by atoms with Crippen molar-refractivity contribution < 1.29 is 33.0 Å². The van der Waals surface area contributed by atoms with Gasteiger partial charge in [-0.3, -0.25) is 9.69 Å². The second-order valence-corrected chi connectivity index (χ2v) is 8.21. The summed E-state index contributed by atoms with van der Waals surface area (Å²) in [6.07, 6.45) is -0.335. The highest BCUT2D eigenvalue weighted by molar-refractivity contribution is 5.78. The number of carboxylic acid groups (broad SMARTS) is 1. The normalized spacial score (nSPS) is 10.6. The minimum absolute atomic E-state index is 0.0215. The van der Waals surface area contributed by atoms with Crippen LogP contribution in [0.5, 0.6) is 11.5 Å². The third-order valence-electron chi connectivity index (χ3n) is 5.40. The van der Waals surface area contributed by atoms with Crippen LogP contribution in [0, 0.1) is 12.7 Å². The molecule has 8 nitrogen and oxygen atoms in total. The van der Waals surface area contributed by atoms with E-state index in [0.29, 0.717) is 30.2 Å². The number of amides is 1. The van der Waals surface area contributed by atoms with Crippen molar-refractivity contribution >= 4 is 12.1 Å². The molecule has 0 saturated heterocycles. The average molecular weight is 505 g/mol. The van der Waals surface area contributed by atoms with Gasteiger partial charge in [0.1, 0.15) is 29.6 Å². The average Bonchev–Trinajstić information content (AvgIpc) is 3.26. The van der Waals surface area contributed by atoms with Crippen LogP contribution in [0.1, 0.15) is 17.0 Å². The summed E-state index contributed by atoms with van der Waals surface area (Å²) in [6.45, 7) is 1.61. The third kappa shape index (κ3) is 7.17. The van der Waals surface area contributed by atoms with Gasteiger partial charge < -0.3 is 19.0 Å². The molecule has 4 rings (SSSR count). The topological polar surface area (TPSA) is 102 Å². The predicted molar refractivity (Wildman–Crippen MR) is 133 cm³/mol. The van der Waals surface area contributed by atoms with E-state index in [9.17, 15) is 19.1 Å². The summed E-state index contributed by atoms with van der Waals surface area (Å²) in [7, 11) is 0. The van der Waals surface area contributed by atoms with Crippen LogP contribution >= 0.6 is 0 Å². The van der Waals surface area contributed by atoms with Gasteiger partial charge in [-0.05, 0) is 61.0 Å². The zero-order valence-electron chi connectivity index (χ0n) is 20.1. The number of carbonyl (C=O) groups excluding carboxylic acids is 1. The number of aliphatic carboxylic acids is 1. The standard InChI is InChI=1S/C28H25FN2O6/c1-19-25(30-27(36-19)21-7-3-2-4-8-21)14-15-35-24-9-5-6-20(16-24)17-31(18-26(32)33)28(34)37-23-12-10-22(29)11-13-23/h2-13,16H,14-15,17-18H2,1H3,(H,32,33). The fourth-order valence-electron chi connectivity index (χ4n) is 3.60. The highest BCUT2D eigenvalue weighted by Gasteiger charge is 2.20. The van der Waals surface area contributed by atoms with E-state index in [1.807, 2.05) is 37.3 Å². The molecule has 1 heterocycles. The van der Waals surface area contributed by atoms with Gasteiger partial charge in [0.05, 0.1) is 12.3 Å². The van der Waals surface area contributed by atoms with Gasteiger partial charge >= 0.3 is 12.1 Å². The van der Waals surface area contributed by atoms with Gasteiger partial charge in [-0.1, -0.05) is 30.3 Å². The Morgan fingerprint density at radius 2 is 1.76 bits per heavy atom. The molecule has 0 atom stereocenters. The fourth-order valence-corrected chi connectivity index (χ4v) is 3.60. The van der Waals surface area contributed by atoms with E-state index in [4.69, 9.17) is 13.9 Å². The summed E-state index contributed by atoms with van der Waals surface area (Å²) in [5.41, 5.74) is 2.35. The maximum absolute atomic E-state index is 13.1. The predicted octanol–water partition coefficient (Wildman–Crippen LogP) is 5.50. The van der Waals surface area contributed by atoms with Crippen LogP contribution in [-0.2, 0) is 17.8 Å². The summed E-state index contributed by atoms with van der Waals surface area (Å²) in [5.74, 6) is 0.276. The Hall–Kier alpha value is -4.66. The number of carbonyl (C=O) groups is 2. The van der Waals surface area contributed by atoms with E-state index in [-0.39, 0.29) is 12.3 Å². The molecule has 0 aliphatic rings. The Morgan fingerprint density at radius 1 is 1.00 bits per heavy atom. The quantitative estimate of drug-likeness (QED) is 0.304. The van der Waals surface area contributed by atoms with E-state index >= 15 is 0 Å². The third-order valence-corrected chi connectivity index (χ3v) is 5.40. The first-order valence-corrected chi connectivity index (χ1v) is 11.5. The Balaban J connectivity index is 1.37. The molecule has 0 aliphatic heterocycles. The van der Waals surface area contributed by atoms with Crippen molar-refractivity contribution in [1.82, 2.24) is 9.88 Å². The summed E-state index contributed by atoms with van der Waals surface area (Å²) in [4.78, 5) is 29.5. The second-order valence-electron chi connectivity index (χ2n) is 8.21. The molecule has 0 spiro atoms. The van der Waals surface area contributed by atoms with Gasteiger partial charge in [-0.25, -0.2) is 14.2 Å². The summed E-state index contributed by atoms with van der Waals surface area (Å²) < 4.78 is 30.0. The fraction of sp³-hybridized carbons (Fsp3) is 0.179. The van der Waals surface area contributed by atoms with Gasteiger partial charge in [0.15, 0.2) is 0 Å². The van der Waals surface area contributed by atoms with Gasteiger partial charge in [0.2, 0.25) is 5.89 Å². The van der Waals surface area contributed by atoms with Crippen molar-refractivity contribution in [2.75, 3.05) is 13.2 Å². The molecular weight excluding hydrogens is 479 g/mol. The van der Waals surface area contributed by atoms with Crippen molar-refractivity contribution in [3.8, 4) is 23.0 Å². The molecule has 3 aromatic carbocycles. The number of rotatable bonds is 10. The maximum Gasteiger partial charge on any atom is 0.416 e. The van der Waals surface area contributed by atoms with Gasteiger partial charge in [-0.15, -0.1) is 0 Å². The molecule has 0 aliphatic carbocycles. The van der Waals surface area contributed by atoms with E-state index in [1.54, 1.807) is 24.3 Å². The monoisotopic (exact) mass is 504 g/mol. The molecule has 1 N–H and O–H groups in total. The second kappa shape index (κ2) is 11.9. The lowest BCUT2D eigenvalue weighted by Gasteiger charge is -2.20. The number of halogens is 1. The van der Waals surface area contributed by atoms with Crippen molar-refractivity contribution in [2.45, 2.75) is 19.9 Å². The smallest absolute Gasteiger partial charge is 0.416 e. The van der Waals surface area contributed by atoms with Crippen molar-refractivity contribution in [2.24, 2.45) is 0 Å². The van der Waals surface area contributed by atoms with Gasteiger partial charge in [0.25, 0.3) is 0 Å². The maximum atomic E-state index is 13.1. The molecule has 1 aromatic heterocycles. The van der Waals surface area contributed by atoms with Gasteiger partial charge in [-0.2, -0.15) is 0 Å². The summed E-state index contributed by atoms with van der Waals surface area (Å²) >= 11 is 0. The minimum Gasteiger partial charge on any atom is -0.493 e. The number of nitrogens with zero attached hydrogens (tertiary/aromatic N) is 2. The summed E-state index contributed by atoms with van der Waals surface area (Å²) in [6, 6.07) is 21.5. The molecule has 1 amide bonds. The molecule has 0 fully saturated rings. The lowest BCUT2D eigenvalue weighted by molar-refractivity contribution is -0.138. The Labute approximate surface area is 212 Å². The van der Waals surface area contributed by atoms with E-state index in [0.717, 1.165) is 34.1 Å². The van der Waals surface area contributed by atoms with Crippen LogP contribution < -0.4 is 9.47 Å². The first-order valence-electron chi connectivity index (χ1n) is 11.5. The highest BCUT2D eigenvalue weighted by atomic mass is 19.1. The number of carboxylic acids is 1. The number of oxazole rings is 1. The van der Waals surface area contributed by atoms with E-state index < -0.39 is 24.4 Å². The molecule has 0 unspecified atom stereocenters. The molecule has 0 bridgehead atoms. The SMILES string of the molecule is Cc1oc(-c2ccccc2)nc1CCOc1cccc(CN(CC(=O)O)C(=O)Oc2ccc(F)cc2)c1. The van der Waals surface area contributed by atoms with Crippen molar-refractivity contribution in [3.63, 3.8) is 0 Å². The molecule has 4 aromatic rings. The lowest BCUT2D eigenvalue weighted by atomic mass is 10.2. The largest absolute Gasteiger partial charge is 0.493 e. The van der Waals surface area contributed by atoms with E-state index in [2.05, 4.69) is 4.98 Å². The number of ether oxygens (including phenoxy) is 2. The van der Waals surface area contributed by atoms with Crippen LogP contribution in [0.25, 0.3) is 11.5 Å². The van der Waals surface area contributed by atoms with Crippen LogP contribution in [0.4, 0.5) is 9.18 Å². The number of aryl methyl sites for hydroxylation is 1. The number of aromatic nitrogens is 1. The molecule has 37 heavy (non-hydrogen) atoms. The zero-order valence-corrected chi connectivity index (χ0v) is 20.1. The highest BCUT2D eigenvalue weighted by Crippen LogP contribution is 2.22. The number of hydrogen-bond donors (Lipinski definition) is 1. The van der Waals surface area contributed by atoms with Crippen LogP contribution in [0.3, 0.4) is 0 Å². The van der Waals surface area contributed by atoms with Crippen LogP contribution in [0.2, 0.25) is 0 Å². The first-order chi connectivity index (χ1) is 17.9. The lowest BCUT2D eigenvalue weighted by Crippen LogP contribution is -2.37. The number of hydrogen-bond acceptors (Lipinski definition) is 6. The Bertz CT molecular complexity index is 1350. The molecule has 190 valence electrons. The number of benzene rings is 3. The van der Waals surface area contributed by atoms with Crippen LogP contribution in [0.15, 0.2) is 83.3 Å². The summed E-state index contributed by atoms with van der Waals surface area (Å²) in [5, 5.41) is 9.25. The minimum atomic E-state index is -1.19. The van der Waals surface area contributed by atoms with Gasteiger partial charge in [0, 0.05) is 18.5 Å². The van der Waals surface area contributed by atoms with Crippen molar-refractivity contribution in [1.29, 1.82) is 0 Å². The molecular formula is C28H25FN2O6.